The first kappa shape index (κ1) is 16.3. The van der Waals surface area contributed by atoms with Gasteiger partial charge in [-0.15, -0.1) is 11.3 Å². The van der Waals surface area contributed by atoms with Crippen LogP contribution in [0.2, 0.25) is 5.15 Å². The number of aliphatic carboxylic acids is 1. The third-order valence-corrected chi connectivity index (χ3v) is 4.10. The predicted molar refractivity (Wildman–Crippen MR) is 81.9 cm³/mol. The number of nitrogens with zero attached hydrogens (tertiary/aromatic N) is 1. The van der Waals surface area contributed by atoms with E-state index >= 15 is 0 Å². The van der Waals surface area contributed by atoms with Gasteiger partial charge in [0.25, 0.3) is 0 Å². The van der Waals surface area contributed by atoms with Crippen LogP contribution < -0.4 is 5.32 Å². The molecule has 0 spiro atoms. The summed E-state index contributed by atoms with van der Waals surface area (Å²) in [6.45, 7) is 0.100. The van der Waals surface area contributed by atoms with Gasteiger partial charge in [0.1, 0.15) is 11.8 Å². The molecule has 0 aliphatic rings. The van der Waals surface area contributed by atoms with Crippen molar-refractivity contribution >= 4 is 35.0 Å². The zero-order chi connectivity index (χ0) is 15.9. The van der Waals surface area contributed by atoms with Crippen molar-refractivity contribution in [3.63, 3.8) is 0 Å². The molecule has 2 rings (SSSR count). The first-order valence-electron chi connectivity index (χ1n) is 6.34. The number of carbonyl (C=O) groups is 2. The van der Waals surface area contributed by atoms with Crippen molar-refractivity contribution in [2.45, 2.75) is 19.1 Å². The molecule has 8 heteroatoms. The minimum absolute atomic E-state index is 0.100. The number of alkyl carbamates (subject to hydrolysis) is 1. The molecule has 1 aromatic carbocycles. The normalized spacial score (nSPS) is 11.7. The molecule has 1 heterocycles. The van der Waals surface area contributed by atoms with Crippen LogP contribution in [0.1, 0.15) is 22.9 Å². The van der Waals surface area contributed by atoms with Gasteiger partial charge in [-0.3, -0.25) is 4.79 Å². The molecule has 22 heavy (non-hydrogen) atoms. The van der Waals surface area contributed by atoms with Gasteiger partial charge in [-0.05, 0) is 5.56 Å². The van der Waals surface area contributed by atoms with Crippen molar-refractivity contribution in [1.82, 2.24) is 10.3 Å². The van der Waals surface area contributed by atoms with Gasteiger partial charge in [0.05, 0.1) is 22.9 Å². The molecule has 0 aliphatic carbocycles. The molecule has 1 amide bonds. The topological polar surface area (TPSA) is 88.5 Å². The SMILES string of the molecule is O=C(O)CC(NC(=O)OCc1ccccc1)c1scnc1Cl. The minimum atomic E-state index is -1.06. The molecule has 116 valence electrons. The van der Waals surface area contributed by atoms with Gasteiger partial charge in [0.15, 0.2) is 0 Å². The van der Waals surface area contributed by atoms with Crippen molar-refractivity contribution in [3.8, 4) is 0 Å². The maximum Gasteiger partial charge on any atom is 0.407 e. The summed E-state index contributed by atoms with van der Waals surface area (Å²) in [6.07, 6.45) is -1.01. The number of benzene rings is 1. The average molecular weight is 341 g/mol. The summed E-state index contributed by atoms with van der Waals surface area (Å²) in [7, 11) is 0. The molecular formula is C14H13ClN2O4S. The second kappa shape index (κ2) is 7.77. The number of hydrogen-bond acceptors (Lipinski definition) is 5. The quantitative estimate of drug-likeness (QED) is 0.842. The molecule has 1 atom stereocenters. The third kappa shape index (κ3) is 4.71. The summed E-state index contributed by atoms with van der Waals surface area (Å²) in [5.41, 5.74) is 2.33. The Morgan fingerprint density at radius 1 is 1.36 bits per heavy atom. The van der Waals surface area contributed by atoms with Gasteiger partial charge in [0, 0.05) is 0 Å². The van der Waals surface area contributed by atoms with Gasteiger partial charge >= 0.3 is 12.1 Å². The first-order chi connectivity index (χ1) is 10.6. The number of carbonyl (C=O) groups excluding carboxylic acids is 1. The summed E-state index contributed by atoms with van der Waals surface area (Å²) in [5.74, 6) is -1.06. The van der Waals surface area contributed by atoms with Crippen LogP contribution in [0.3, 0.4) is 0 Å². The molecule has 0 saturated carbocycles. The minimum Gasteiger partial charge on any atom is -0.481 e. The number of rotatable bonds is 6. The highest BCUT2D eigenvalue weighted by atomic mass is 35.5. The predicted octanol–water partition coefficient (Wildman–Crippen LogP) is 3.24. The van der Waals surface area contributed by atoms with Gasteiger partial charge in [-0.25, -0.2) is 9.78 Å². The highest BCUT2D eigenvalue weighted by Gasteiger charge is 2.23. The molecule has 0 aliphatic heterocycles. The van der Waals surface area contributed by atoms with Crippen molar-refractivity contribution in [3.05, 3.63) is 51.4 Å². The lowest BCUT2D eigenvalue weighted by atomic mass is 10.2. The van der Waals surface area contributed by atoms with Gasteiger partial charge in [0.2, 0.25) is 0 Å². The highest BCUT2D eigenvalue weighted by Crippen LogP contribution is 2.28. The number of carboxylic acids is 1. The Hall–Kier alpha value is -2.12. The zero-order valence-electron chi connectivity index (χ0n) is 11.4. The summed E-state index contributed by atoms with van der Waals surface area (Å²) in [4.78, 5) is 27.1. The first-order valence-corrected chi connectivity index (χ1v) is 7.60. The summed E-state index contributed by atoms with van der Waals surface area (Å²) in [6, 6.07) is 8.39. The Kier molecular flexibility index (Phi) is 5.74. The lowest BCUT2D eigenvalue weighted by Crippen LogP contribution is -2.30. The molecule has 0 bridgehead atoms. The molecule has 0 radical (unpaired) electrons. The number of hydrogen-bond donors (Lipinski definition) is 2. The van der Waals surface area contributed by atoms with Crippen LogP contribution in [-0.4, -0.2) is 22.2 Å². The largest absolute Gasteiger partial charge is 0.481 e. The number of amides is 1. The van der Waals surface area contributed by atoms with E-state index in [0.29, 0.717) is 4.88 Å². The van der Waals surface area contributed by atoms with E-state index in [1.54, 1.807) is 0 Å². The molecule has 6 nitrogen and oxygen atoms in total. The van der Waals surface area contributed by atoms with E-state index in [1.165, 1.54) is 16.8 Å². The maximum atomic E-state index is 11.8. The number of halogens is 1. The Balaban J connectivity index is 1.96. The lowest BCUT2D eigenvalue weighted by Gasteiger charge is -2.15. The Morgan fingerprint density at radius 3 is 2.68 bits per heavy atom. The van der Waals surface area contributed by atoms with E-state index < -0.39 is 18.1 Å². The molecule has 0 fully saturated rings. The highest BCUT2D eigenvalue weighted by molar-refractivity contribution is 7.10. The number of carboxylic acid groups (broad SMARTS) is 1. The molecule has 1 unspecified atom stereocenters. The fourth-order valence-electron chi connectivity index (χ4n) is 1.76. The second-order valence-corrected chi connectivity index (χ2v) is 5.61. The molecule has 2 aromatic rings. The Bertz CT molecular complexity index is 647. The lowest BCUT2D eigenvalue weighted by molar-refractivity contribution is -0.137. The van der Waals surface area contributed by atoms with Crippen LogP contribution >= 0.6 is 22.9 Å². The van der Waals surface area contributed by atoms with Crippen LogP contribution in [0, 0.1) is 0 Å². The smallest absolute Gasteiger partial charge is 0.407 e. The van der Waals surface area contributed by atoms with Crippen molar-refractivity contribution in [2.24, 2.45) is 0 Å². The molecular weight excluding hydrogens is 328 g/mol. The van der Waals surface area contributed by atoms with E-state index in [-0.39, 0.29) is 18.2 Å². The van der Waals surface area contributed by atoms with Gasteiger partial charge in [-0.1, -0.05) is 41.9 Å². The standard InChI is InChI=1S/C14H13ClN2O4S/c15-13-12(22-8-16-13)10(6-11(18)19)17-14(20)21-7-9-4-2-1-3-5-9/h1-5,8,10H,6-7H2,(H,17,20)(H,18,19). The summed E-state index contributed by atoms with van der Waals surface area (Å²) in [5, 5.41) is 11.6. The number of ether oxygens (including phenoxy) is 1. The fraction of sp³-hybridized carbons (Fsp3) is 0.214. The van der Waals surface area contributed by atoms with Crippen molar-refractivity contribution in [1.29, 1.82) is 0 Å². The van der Waals surface area contributed by atoms with Gasteiger partial charge < -0.3 is 15.2 Å². The number of nitrogens with one attached hydrogen (secondary N) is 1. The molecule has 1 aromatic heterocycles. The van der Waals surface area contributed by atoms with Gasteiger partial charge in [-0.2, -0.15) is 0 Å². The number of thiazole rings is 1. The third-order valence-electron chi connectivity index (χ3n) is 2.75. The average Bonchev–Trinajstić information content (AvgIpc) is 2.91. The maximum absolute atomic E-state index is 11.8. The van der Waals surface area contributed by atoms with E-state index in [2.05, 4.69) is 10.3 Å². The Morgan fingerprint density at radius 2 is 2.09 bits per heavy atom. The van der Waals surface area contributed by atoms with Crippen LogP contribution in [0.25, 0.3) is 0 Å². The summed E-state index contributed by atoms with van der Waals surface area (Å²) < 4.78 is 5.08. The fourth-order valence-corrected chi connectivity index (χ4v) is 2.86. The molecule has 0 saturated heterocycles. The van der Waals surface area contributed by atoms with E-state index in [1.807, 2.05) is 30.3 Å². The Labute approximate surface area is 135 Å². The van der Waals surface area contributed by atoms with E-state index in [0.717, 1.165) is 5.56 Å². The van der Waals surface area contributed by atoms with Crippen LogP contribution in [-0.2, 0) is 16.1 Å². The van der Waals surface area contributed by atoms with E-state index in [4.69, 9.17) is 21.4 Å². The monoisotopic (exact) mass is 340 g/mol. The zero-order valence-corrected chi connectivity index (χ0v) is 12.9. The number of aromatic nitrogens is 1. The van der Waals surface area contributed by atoms with Crippen LogP contribution in [0.4, 0.5) is 4.79 Å². The molecule has 2 N–H and O–H groups in total. The van der Waals surface area contributed by atoms with Crippen LogP contribution in [0.15, 0.2) is 35.8 Å². The van der Waals surface area contributed by atoms with E-state index in [9.17, 15) is 9.59 Å². The van der Waals surface area contributed by atoms with Crippen molar-refractivity contribution in [2.75, 3.05) is 0 Å². The van der Waals surface area contributed by atoms with Crippen molar-refractivity contribution < 1.29 is 19.4 Å². The van der Waals surface area contributed by atoms with Crippen LogP contribution in [0.5, 0.6) is 0 Å². The summed E-state index contributed by atoms with van der Waals surface area (Å²) >= 11 is 7.07. The second-order valence-electron chi connectivity index (χ2n) is 4.36.